The van der Waals surface area contributed by atoms with Gasteiger partial charge in [-0.3, -0.25) is 0 Å². The first-order valence-electron chi connectivity index (χ1n) is 3.70. The summed E-state index contributed by atoms with van der Waals surface area (Å²) >= 11 is 0. The Morgan fingerprint density at radius 2 is 1.93 bits per heavy atom. The molecule has 0 fully saturated rings. The van der Waals surface area contributed by atoms with E-state index in [0.717, 1.165) is 17.6 Å². The summed E-state index contributed by atoms with van der Waals surface area (Å²) in [6, 6.07) is 2.41. The van der Waals surface area contributed by atoms with E-state index in [-0.39, 0.29) is 11.3 Å². The standard InChI is InChI=1S/C8H8F3NO2/c9-8(10,11)7(12-14)5-2-1-3-6(13)4-5/h1-4,7,12-14H. The molecule has 3 N–H and O–H groups in total. The Morgan fingerprint density at radius 3 is 2.36 bits per heavy atom. The van der Waals surface area contributed by atoms with Gasteiger partial charge in [0.05, 0.1) is 0 Å². The van der Waals surface area contributed by atoms with E-state index >= 15 is 0 Å². The number of alkyl halides is 3. The van der Waals surface area contributed by atoms with Crippen LogP contribution in [0.15, 0.2) is 24.3 Å². The monoisotopic (exact) mass is 207 g/mol. The maximum Gasteiger partial charge on any atom is 0.410 e. The number of benzene rings is 1. The number of nitrogens with one attached hydrogen (secondary N) is 1. The minimum absolute atomic E-state index is 0.250. The first-order chi connectivity index (χ1) is 6.45. The lowest BCUT2D eigenvalue weighted by Gasteiger charge is -2.18. The SMILES string of the molecule is ONC(c1cccc(O)c1)C(F)(F)F. The highest BCUT2D eigenvalue weighted by Gasteiger charge is 2.40. The van der Waals surface area contributed by atoms with E-state index in [4.69, 9.17) is 10.3 Å². The average molecular weight is 207 g/mol. The van der Waals surface area contributed by atoms with Crippen molar-refractivity contribution >= 4 is 0 Å². The summed E-state index contributed by atoms with van der Waals surface area (Å²) in [4.78, 5) is 0. The summed E-state index contributed by atoms with van der Waals surface area (Å²) in [5.41, 5.74) is 0.899. The van der Waals surface area contributed by atoms with Crippen LogP contribution in [-0.2, 0) is 0 Å². The number of phenols is 1. The molecule has 0 aromatic heterocycles. The molecule has 3 nitrogen and oxygen atoms in total. The number of aromatic hydroxyl groups is 1. The van der Waals surface area contributed by atoms with Gasteiger partial charge in [0.15, 0.2) is 6.04 Å². The first-order valence-corrected chi connectivity index (χ1v) is 3.70. The zero-order chi connectivity index (χ0) is 10.8. The highest BCUT2D eigenvalue weighted by atomic mass is 19.4. The lowest BCUT2D eigenvalue weighted by molar-refractivity contribution is -0.178. The van der Waals surface area contributed by atoms with E-state index in [9.17, 15) is 13.2 Å². The van der Waals surface area contributed by atoms with Crippen molar-refractivity contribution in [1.29, 1.82) is 0 Å². The number of halogens is 3. The maximum atomic E-state index is 12.2. The number of hydrogen-bond donors (Lipinski definition) is 3. The van der Waals surface area contributed by atoms with Gasteiger partial charge in [0.2, 0.25) is 0 Å². The third kappa shape index (κ3) is 2.36. The van der Waals surface area contributed by atoms with E-state index in [1.54, 1.807) is 0 Å². The zero-order valence-electron chi connectivity index (χ0n) is 6.92. The van der Waals surface area contributed by atoms with Crippen LogP contribution in [0.25, 0.3) is 0 Å². The molecule has 1 rings (SSSR count). The smallest absolute Gasteiger partial charge is 0.410 e. The van der Waals surface area contributed by atoms with Crippen LogP contribution in [0.5, 0.6) is 5.75 Å². The summed E-state index contributed by atoms with van der Waals surface area (Å²) in [6.45, 7) is 0. The average Bonchev–Trinajstić information content (AvgIpc) is 2.02. The van der Waals surface area contributed by atoms with Crippen molar-refractivity contribution in [3.63, 3.8) is 0 Å². The van der Waals surface area contributed by atoms with Crippen molar-refractivity contribution in [2.75, 3.05) is 0 Å². The molecule has 0 heterocycles. The molecule has 0 saturated heterocycles. The van der Waals surface area contributed by atoms with Crippen LogP contribution in [0.4, 0.5) is 13.2 Å². The van der Waals surface area contributed by atoms with Gasteiger partial charge in [-0.05, 0) is 17.7 Å². The fourth-order valence-electron chi connectivity index (χ4n) is 1.04. The van der Waals surface area contributed by atoms with Gasteiger partial charge in [0, 0.05) is 0 Å². The number of rotatable bonds is 2. The Bertz CT molecular complexity index is 314. The van der Waals surface area contributed by atoms with Gasteiger partial charge in [-0.1, -0.05) is 12.1 Å². The predicted molar refractivity (Wildman–Crippen MR) is 41.8 cm³/mol. The van der Waals surface area contributed by atoms with Gasteiger partial charge >= 0.3 is 6.18 Å². The van der Waals surface area contributed by atoms with Gasteiger partial charge in [0.25, 0.3) is 0 Å². The van der Waals surface area contributed by atoms with Crippen molar-refractivity contribution in [2.45, 2.75) is 12.2 Å². The lowest BCUT2D eigenvalue weighted by Crippen LogP contribution is -2.31. The molecule has 0 aliphatic carbocycles. The molecule has 78 valence electrons. The summed E-state index contributed by atoms with van der Waals surface area (Å²) < 4.78 is 36.7. The van der Waals surface area contributed by atoms with Crippen LogP contribution in [-0.4, -0.2) is 16.5 Å². The van der Waals surface area contributed by atoms with E-state index in [0.29, 0.717) is 0 Å². The third-order valence-corrected chi connectivity index (χ3v) is 1.66. The molecule has 1 atom stereocenters. The van der Waals surface area contributed by atoms with Crippen molar-refractivity contribution in [3.05, 3.63) is 29.8 Å². The molecule has 1 aromatic rings. The third-order valence-electron chi connectivity index (χ3n) is 1.66. The Kier molecular flexibility index (Phi) is 2.97. The molecule has 0 saturated carbocycles. The number of hydrogen-bond acceptors (Lipinski definition) is 3. The molecule has 1 aromatic carbocycles. The van der Waals surface area contributed by atoms with Crippen LogP contribution in [0.3, 0.4) is 0 Å². The highest BCUT2D eigenvalue weighted by Crippen LogP contribution is 2.33. The second-order valence-electron chi connectivity index (χ2n) is 2.70. The van der Waals surface area contributed by atoms with E-state index in [1.807, 2.05) is 0 Å². The van der Waals surface area contributed by atoms with Gasteiger partial charge in [0.1, 0.15) is 5.75 Å². The van der Waals surface area contributed by atoms with Gasteiger partial charge in [-0.15, -0.1) is 0 Å². The van der Waals surface area contributed by atoms with Crippen LogP contribution in [0.1, 0.15) is 11.6 Å². The molecule has 0 radical (unpaired) electrons. The van der Waals surface area contributed by atoms with Gasteiger partial charge in [-0.2, -0.15) is 18.7 Å². The van der Waals surface area contributed by atoms with Crippen LogP contribution < -0.4 is 5.48 Å². The minimum atomic E-state index is -4.61. The van der Waals surface area contributed by atoms with Crippen molar-refractivity contribution in [2.24, 2.45) is 0 Å². The Morgan fingerprint density at radius 1 is 1.29 bits per heavy atom. The van der Waals surface area contributed by atoms with Crippen molar-refractivity contribution < 1.29 is 23.5 Å². The topological polar surface area (TPSA) is 52.5 Å². The van der Waals surface area contributed by atoms with Crippen molar-refractivity contribution in [1.82, 2.24) is 5.48 Å². The normalized spacial score (nSPS) is 14.0. The quantitative estimate of drug-likeness (QED) is 0.650. The number of hydroxylamine groups is 1. The van der Waals surface area contributed by atoms with Gasteiger partial charge < -0.3 is 10.3 Å². The molecule has 0 amide bonds. The minimum Gasteiger partial charge on any atom is -0.508 e. The zero-order valence-corrected chi connectivity index (χ0v) is 6.92. The Hall–Kier alpha value is -1.27. The van der Waals surface area contributed by atoms with E-state index in [2.05, 4.69) is 0 Å². The molecular weight excluding hydrogens is 199 g/mol. The number of phenolic OH excluding ortho intramolecular Hbond substituents is 1. The summed E-state index contributed by atoms with van der Waals surface area (Å²) in [7, 11) is 0. The second-order valence-corrected chi connectivity index (χ2v) is 2.70. The summed E-state index contributed by atoms with van der Waals surface area (Å²) in [5, 5.41) is 17.3. The van der Waals surface area contributed by atoms with Crippen LogP contribution in [0.2, 0.25) is 0 Å². The van der Waals surface area contributed by atoms with Crippen LogP contribution in [0, 0.1) is 0 Å². The highest BCUT2D eigenvalue weighted by molar-refractivity contribution is 5.29. The fraction of sp³-hybridized carbons (Fsp3) is 0.250. The van der Waals surface area contributed by atoms with E-state index < -0.39 is 12.2 Å². The summed E-state index contributed by atoms with van der Waals surface area (Å²) in [5.74, 6) is -0.285. The van der Waals surface area contributed by atoms with Crippen molar-refractivity contribution in [3.8, 4) is 5.75 Å². The molecule has 1 unspecified atom stereocenters. The molecule has 0 spiro atoms. The largest absolute Gasteiger partial charge is 0.508 e. The second kappa shape index (κ2) is 3.85. The Labute approximate surface area is 77.8 Å². The van der Waals surface area contributed by atoms with E-state index in [1.165, 1.54) is 12.1 Å². The first kappa shape index (κ1) is 10.8. The molecular formula is C8H8F3NO2. The Balaban J connectivity index is 3.01. The lowest BCUT2D eigenvalue weighted by atomic mass is 10.1. The molecule has 14 heavy (non-hydrogen) atoms. The molecule has 0 aliphatic heterocycles. The molecule has 6 heteroatoms. The molecule has 0 aliphatic rings. The maximum absolute atomic E-state index is 12.2. The fourth-order valence-corrected chi connectivity index (χ4v) is 1.04. The predicted octanol–water partition coefficient (Wildman–Crippen LogP) is 1.97. The van der Waals surface area contributed by atoms with Gasteiger partial charge in [-0.25, -0.2) is 0 Å². The molecule has 0 bridgehead atoms. The summed E-state index contributed by atoms with van der Waals surface area (Å²) in [6.07, 6.45) is -4.61. The van der Waals surface area contributed by atoms with Crippen LogP contribution >= 0.6 is 0 Å².